The zero-order chi connectivity index (χ0) is 19.4. The van der Waals surface area contributed by atoms with Crippen LogP contribution in [0.5, 0.6) is 0 Å². The summed E-state index contributed by atoms with van der Waals surface area (Å²) in [4.78, 5) is 36.0. The average Bonchev–Trinajstić information content (AvgIpc) is 2.79. The van der Waals surface area contributed by atoms with E-state index < -0.39 is 0 Å². The van der Waals surface area contributed by atoms with Crippen molar-refractivity contribution in [1.82, 2.24) is 20.2 Å². The first-order valence-electron chi connectivity index (χ1n) is 9.10. The third kappa shape index (κ3) is 5.38. The number of amides is 1. The molecule has 7 heteroatoms. The van der Waals surface area contributed by atoms with E-state index >= 15 is 0 Å². The summed E-state index contributed by atoms with van der Waals surface area (Å²) >= 11 is 1.53. The van der Waals surface area contributed by atoms with Crippen molar-refractivity contribution in [3.63, 3.8) is 0 Å². The summed E-state index contributed by atoms with van der Waals surface area (Å²) in [6, 6.07) is 0.134. The second kappa shape index (κ2) is 8.77. The van der Waals surface area contributed by atoms with Crippen LogP contribution in [0.15, 0.2) is 4.79 Å². The highest BCUT2D eigenvalue weighted by Crippen LogP contribution is 2.25. The Bertz CT molecular complexity index is 813. The fraction of sp³-hybridized carbons (Fsp3) is 0.632. The molecule has 0 fully saturated rings. The minimum absolute atomic E-state index is 0.00112. The topological polar surface area (TPSA) is 78.1 Å². The molecule has 0 aliphatic carbocycles. The summed E-state index contributed by atoms with van der Waals surface area (Å²) in [5.41, 5.74) is 0.876. The number of carbonyl (C=O) groups is 1. The standard InChI is InChI=1S/C19H30N4O2S/c1-11(2)9-14(10-23(5)6)20-16(24)8-7-15-21-18(25)17-12(3)13(4)26-19(17)22-15/h11,14H,7-10H2,1-6H3,(H,20,24)(H,21,22,25). The molecule has 0 bridgehead atoms. The molecule has 1 amide bonds. The molecule has 0 radical (unpaired) electrons. The first-order valence-corrected chi connectivity index (χ1v) is 9.92. The van der Waals surface area contributed by atoms with E-state index in [1.165, 1.54) is 11.3 Å². The Morgan fingerprint density at radius 1 is 1.31 bits per heavy atom. The first kappa shape index (κ1) is 20.6. The van der Waals surface area contributed by atoms with Crippen LogP contribution in [0, 0.1) is 19.8 Å². The van der Waals surface area contributed by atoms with Crippen LogP contribution in [0.1, 0.15) is 43.0 Å². The van der Waals surface area contributed by atoms with E-state index in [-0.39, 0.29) is 17.5 Å². The molecule has 6 nitrogen and oxygen atoms in total. The summed E-state index contributed by atoms with van der Waals surface area (Å²) in [6.45, 7) is 9.07. The Balaban J connectivity index is 2.02. The molecule has 2 aromatic heterocycles. The second-order valence-corrected chi connectivity index (χ2v) is 8.84. The largest absolute Gasteiger partial charge is 0.352 e. The second-order valence-electron chi connectivity index (χ2n) is 7.63. The SMILES string of the molecule is Cc1sc2nc(CCC(=O)NC(CC(C)C)CN(C)C)[nH]c(=O)c2c1C. The Morgan fingerprint density at radius 3 is 2.62 bits per heavy atom. The lowest BCUT2D eigenvalue weighted by molar-refractivity contribution is -0.122. The Labute approximate surface area is 159 Å². The van der Waals surface area contributed by atoms with E-state index in [0.29, 0.717) is 30.0 Å². The fourth-order valence-electron chi connectivity index (χ4n) is 3.14. The van der Waals surface area contributed by atoms with Crippen molar-refractivity contribution in [3.8, 4) is 0 Å². The van der Waals surface area contributed by atoms with Gasteiger partial charge in [-0.1, -0.05) is 13.8 Å². The number of aromatic amines is 1. The number of hydrogen-bond acceptors (Lipinski definition) is 5. The Hall–Kier alpha value is -1.73. The Kier molecular flexibility index (Phi) is 6.94. The lowest BCUT2D eigenvalue weighted by atomic mass is 10.0. The molecule has 1 atom stereocenters. The zero-order valence-electron chi connectivity index (χ0n) is 16.6. The van der Waals surface area contributed by atoms with Gasteiger partial charge in [0.25, 0.3) is 5.56 Å². The lowest BCUT2D eigenvalue weighted by Gasteiger charge is -2.24. The number of aromatic nitrogens is 2. The molecule has 0 saturated carbocycles. The molecule has 2 heterocycles. The van der Waals surface area contributed by atoms with E-state index in [9.17, 15) is 9.59 Å². The number of nitrogens with zero attached hydrogens (tertiary/aromatic N) is 2. The maximum Gasteiger partial charge on any atom is 0.259 e. The summed E-state index contributed by atoms with van der Waals surface area (Å²) in [5.74, 6) is 1.09. The number of rotatable bonds is 8. The minimum Gasteiger partial charge on any atom is -0.352 e. The van der Waals surface area contributed by atoms with E-state index in [4.69, 9.17) is 0 Å². The van der Waals surface area contributed by atoms with Gasteiger partial charge in [0.05, 0.1) is 5.39 Å². The average molecular weight is 379 g/mol. The van der Waals surface area contributed by atoms with Crippen LogP contribution in [0.3, 0.4) is 0 Å². The molecule has 2 aromatic rings. The van der Waals surface area contributed by atoms with Gasteiger partial charge in [-0.05, 0) is 45.8 Å². The van der Waals surface area contributed by atoms with Crippen LogP contribution in [-0.2, 0) is 11.2 Å². The van der Waals surface area contributed by atoms with E-state index in [2.05, 4.69) is 34.0 Å². The molecule has 0 aliphatic heterocycles. The predicted octanol–water partition coefficient (Wildman–Crippen LogP) is 2.63. The number of carbonyl (C=O) groups excluding carboxylic acids is 1. The van der Waals surface area contributed by atoms with Gasteiger partial charge in [-0.15, -0.1) is 11.3 Å². The van der Waals surface area contributed by atoms with Crippen molar-refractivity contribution >= 4 is 27.5 Å². The van der Waals surface area contributed by atoms with Crippen LogP contribution in [0.25, 0.3) is 10.2 Å². The van der Waals surface area contributed by atoms with Gasteiger partial charge < -0.3 is 15.2 Å². The fourth-order valence-corrected chi connectivity index (χ4v) is 4.19. The number of fused-ring (bicyclic) bond motifs is 1. The maximum atomic E-state index is 12.3. The van der Waals surface area contributed by atoms with Gasteiger partial charge in [-0.2, -0.15) is 0 Å². The van der Waals surface area contributed by atoms with Crippen molar-refractivity contribution in [2.45, 2.75) is 53.0 Å². The van der Waals surface area contributed by atoms with Crippen LogP contribution in [-0.4, -0.2) is 47.5 Å². The van der Waals surface area contributed by atoms with Crippen LogP contribution < -0.4 is 10.9 Å². The maximum absolute atomic E-state index is 12.3. The van der Waals surface area contributed by atoms with Gasteiger partial charge in [-0.3, -0.25) is 9.59 Å². The summed E-state index contributed by atoms with van der Waals surface area (Å²) < 4.78 is 0. The lowest BCUT2D eigenvalue weighted by Crippen LogP contribution is -2.42. The smallest absolute Gasteiger partial charge is 0.259 e. The summed E-state index contributed by atoms with van der Waals surface area (Å²) in [7, 11) is 4.02. The van der Waals surface area contributed by atoms with Crippen LogP contribution in [0.4, 0.5) is 0 Å². The predicted molar refractivity (Wildman–Crippen MR) is 108 cm³/mol. The number of H-pyrrole nitrogens is 1. The number of likely N-dealkylation sites (N-methyl/N-ethyl adjacent to an activating group) is 1. The van der Waals surface area contributed by atoms with Gasteiger partial charge in [0, 0.05) is 30.3 Å². The third-order valence-electron chi connectivity index (χ3n) is 4.38. The molecule has 2 rings (SSSR count). The number of nitrogens with one attached hydrogen (secondary N) is 2. The molecule has 0 spiro atoms. The molecule has 0 aliphatic rings. The highest BCUT2D eigenvalue weighted by atomic mass is 32.1. The van der Waals surface area contributed by atoms with Gasteiger partial charge in [0.1, 0.15) is 10.7 Å². The molecular weight excluding hydrogens is 348 g/mol. The quantitative estimate of drug-likeness (QED) is 0.740. The number of hydrogen-bond donors (Lipinski definition) is 2. The third-order valence-corrected chi connectivity index (χ3v) is 5.48. The van der Waals surface area contributed by atoms with E-state index in [1.807, 2.05) is 27.9 Å². The zero-order valence-corrected chi connectivity index (χ0v) is 17.4. The van der Waals surface area contributed by atoms with Crippen molar-refractivity contribution in [2.24, 2.45) is 5.92 Å². The van der Waals surface area contributed by atoms with E-state index in [0.717, 1.165) is 28.2 Å². The van der Waals surface area contributed by atoms with Gasteiger partial charge >= 0.3 is 0 Å². The first-order chi connectivity index (χ1) is 12.2. The van der Waals surface area contributed by atoms with Crippen LogP contribution in [0.2, 0.25) is 0 Å². The monoisotopic (exact) mass is 378 g/mol. The summed E-state index contributed by atoms with van der Waals surface area (Å²) in [6.07, 6.45) is 1.70. The summed E-state index contributed by atoms with van der Waals surface area (Å²) in [5, 5.41) is 3.79. The van der Waals surface area contributed by atoms with Crippen molar-refractivity contribution in [2.75, 3.05) is 20.6 Å². The number of thiophene rings is 1. The molecule has 26 heavy (non-hydrogen) atoms. The molecule has 0 aromatic carbocycles. The molecule has 0 saturated heterocycles. The molecule has 144 valence electrons. The normalized spacial score (nSPS) is 12.9. The number of aryl methyl sites for hydroxylation is 3. The van der Waals surface area contributed by atoms with Gasteiger partial charge in [0.15, 0.2) is 0 Å². The van der Waals surface area contributed by atoms with Gasteiger partial charge in [0.2, 0.25) is 5.91 Å². The van der Waals surface area contributed by atoms with E-state index in [1.54, 1.807) is 0 Å². The highest BCUT2D eigenvalue weighted by molar-refractivity contribution is 7.18. The molecule has 2 N–H and O–H groups in total. The molecule has 1 unspecified atom stereocenters. The van der Waals surface area contributed by atoms with Gasteiger partial charge in [-0.25, -0.2) is 4.98 Å². The Morgan fingerprint density at radius 2 is 2.00 bits per heavy atom. The molecular formula is C19H30N4O2S. The van der Waals surface area contributed by atoms with Crippen molar-refractivity contribution < 1.29 is 4.79 Å². The minimum atomic E-state index is -0.113. The van der Waals surface area contributed by atoms with Crippen molar-refractivity contribution in [3.05, 3.63) is 26.6 Å². The van der Waals surface area contributed by atoms with Crippen molar-refractivity contribution in [1.29, 1.82) is 0 Å². The highest BCUT2D eigenvalue weighted by Gasteiger charge is 2.16. The van der Waals surface area contributed by atoms with Crippen LogP contribution >= 0.6 is 11.3 Å².